The first-order valence-electron chi connectivity index (χ1n) is 11.0. The molecule has 35 heavy (non-hydrogen) atoms. The highest BCUT2D eigenvalue weighted by molar-refractivity contribution is 7.10. The van der Waals surface area contributed by atoms with Crippen LogP contribution in [-0.2, 0) is 16.1 Å². The number of benzene rings is 2. The van der Waals surface area contributed by atoms with Gasteiger partial charge in [0, 0.05) is 4.88 Å². The molecule has 0 bridgehead atoms. The van der Waals surface area contributed by atoms with Gasteiger partial charge in [0.25, 0.3) is 5.56 Å². The van der Waals surface area contributed by atoms with Crippen LogP contribution in [0.1, 0.15) is 29.0 Å². The van der Waals surface area contributed by atoms with Crippen LogP contribution in [0.15, 0.2) is 93.2 Å². The Bertz CT molecular complexity index is 1560. The van der Waals surface area contributed by atoms with Crippen molar-refractivity contribution in [2.45, 2.75) is 19.6 Å². The molecule has 4 aromatic rings. The van der Waals surface area contributed by atoms with E-state index in [1.807, 2.05) is 78.2 Å². The van der Waals surface area contributed by atoms with Crippen LogP contribution < -0.4 is 19.6 Å². The predicted octanol–water partition coefficient (Wildman–Crippen LogP) is 4.05. The molecule has 0 saturated carbocycles. The summed E-state index contributed by atoms with van der Waals surface area (Å²) in [7, 11) is 1.61. The number of carbonyl (C=O) groups excluding carboxylic acids is 1. The van der Waals surface area contributed by atoms with Crippen molar-refractivity contribution in [2.24, 2.45) is 4.99 Å². The largest absolute Gasteiger partial charge is 0.497 e. The summed E-state index contributed by atoms with van der Waals surface area (Å²) in [5.41, 5.74) is 2.51. The number of thiazole rings is 1. The summed E-state index contributed by atoms with van der Waals surface area (Å²) in [4.78, 5) is 33.0. The molecule has 0 aliphatic carbocycles. The molecule has 0 N–H and O–H groups in total. The molecule has 1 aliphatic rings. The van der Waals surface area contributed by atoms with Crippen molar-refractivity contribution in [3.63, 3.8) is 0 Å². The Kier molecular flexibility index (Phi) is 6.48. The van der Waals surface area contributed by atoms with Crippen LogP contribution in [0.3, 0.4) is 0 Å². The monoisotopic (exact) mass is 502 g/mol. The molecule has 2 aromatic carbocycles. The second-order valence-electron chi connectivity index (χ2n) is 7.93. The van der Waals surface area contributed by atoms with Gasteiger partial charge in [0.05, 0.1) is 22.9 Å². The van der Waals surface area contributed by atoms with Crippen molar-refractivity contribution in [1.29, 1.82) is 0 Å². The van der Waals surface area contributed by atoms with Gasteiger partial charge in [-0.3, -0.25) is 9.36 Å². The molecule has 0 amide bonds. The second kappa shape index (κ2) is 9.85. The zero-order valence-corrected chi connectivity index (χ0v) is 20.8. The molecule has 176 valence electrons. The topological polar surface area (TPSA) is 69.9 Å². The van der Waals surface area contributed by atoms with Gasteiger partial charge in [-0.2, -0.15) is 0 Å². The normalized spacial score (nSPS) is 15.5. The number of fused-ring (bicyclic) bond motifs is 1. The van der Waals surface area contributed by atoms with Crippen molar-refractivity contribution in [1.82, 2.24) is 4.57 Å². The number of rotatable bonds is 6. The standard InChI is InChI=1S/C27H22N2O4S2/c1-17-23(26(31)33-16-19-7-4-3-5-8-19)24(21-9-6-14-34-21)29-25(30)22(35-27(29)28-17)15-18-10-12-20(32-2)13-11-18/h3-15,24H,16H2,1-2H3/b22-15-/t24-/m1/s1. The Hall–Kier alpha value is -3.75. The van der Waals surface area contributed by atoms with E-state index in [0.29, 0.717) is 20.6 Å². The lowest BCUT2D eigenvalue weighted by molar-refractivity contribution is -0.140. The van der Waals surface area contributed by atoms with Crippen LogP contribution in [0.25, 0.3) is 6.08 Å². The molecule has 5 rings (SSSR count). The molecular formula is C27H22N2O4S2. The summed E-state index contributed by atoms with van der Waals surface area (Å²) in [6.45, 7) is 1.94. The Balaban J connectivity index is 1.56. The average molecular weight is 503 g/mol. The lowest BCUT2D eigenvalue weighted by atomic mass is 10.0. The lowest BCUT2D eigenvalue weighted by Gasteiger charge is -2.23. The molecule has 8 heteroatoms. The SMILES string of the molecule is COc1ccc(/C=c2\sc3n(c2=O)[C@H](c2cccs2)C(C(=O)OCc2ccccc2)=C(C)N=3)cc1. The first-order chi connectivity index (χ1) is 17.0. The first kappa shape index (κ1) is 23.0. The fraction of sp³-hybridized carbons (Fsp3) is 0.148. The molecule has 0 spiro atoms. The van der Waals surface area contributed by atoms with E-state index < -0.39 is 12.0 Å². The number of methoxy groups -OCH3 is 1. The summed E-state index contributed by atoms with van der Waals surface area (Å²) in [5.74, 6) is 0.272. The van der Waals surface area contributed by atoms with E-state index in [4.69, 9.17) is 9.47 Å². The molecule has 0 unspecified atom stereocenters. The Labute approximate surface area is 209 Å². The number of thiophene rings is 1. The number of carbonyl (C=O) groups is 1. The smallest absolute Gasteiger partial charge is 0.338 e. The fourth-order valence-corrected chi connectivity index (χ4v) is 5.82. The minimum atomic E-state index is -0.590. The van der Waals surface area contributed by atoms with Crippen LogP contribution >= 0.6 is 22.7 Å². The van der Waals surface area contributed by atoms with Crippen molar-refractivity contribution < 1.29 is 14.3 Å². The number of nitrogens with zero attached hydrogens (tertiary/aromatic N) is 2. The van der Waals surface area contributed by atoms with E-state index in [9.17, 15) is 9.59 Å². The van der Waals surface area contributed by atoms with Gasteiger partial charge in [-0.25, -0.2) is 9.79 Å². The summed E-state index contributed by atoms with van der Waals surface area (Å²) < 4.78 is 13.0. The highest BCUT2D eigenvalue weighted by atomic mass is 32.1. The summed E-state index contributed by atoms with van der Waals surface area (Å²) >= 11 is 2.80. The van der Waals surface area contributed by atoms with Gasteiger partial charge in [-0.15, -0.1) is 11.3 Å². The molecule has 6 nitrogen and oxygen atoms in total. The number of aromatic nitrogens is 1. The van der Waals surface area contributed by atoms with Crippen LogP contribution in [0.4, 0.5) is 0 Å². The number of ether oxygens (including phenoxy) is 2. The van der Waals surface area contributed by atoms with Gasteiger partial charge in [-0.1, -0.05) is 59.9 Å². The van der Waals surface area contributed by atoms with Crippen LogP contribution in [0, 0.1) is 0 Å². The second-order valence-corrected chi connectivity index (χ2v) is 9.92. The molecule has 0 fully saturated rings. The van der Waals surface area contributed by atoms with Gasteiger partial charge in [-0.05, 0) is 47.7 Å². The van der Waals surface area contributed by atoms with Crippen molar-refractivity contribution in [3.8, 4) is 5.75 Å². The van der Waals surface area contributed by atoms with Crippen LogP contribution in [-0.4, -0.2) is 17.6 Å². The van der Waals surface area contributed by atoms with Gasteiger partial charge in [0.2, 0.25) is 0 Å². The maximum Gasteiger partial charge on any atom is 0.338 e. The highest BCUT2D eigenvalue weighted by Crippen LogP contribution is 2.33. The van der Waals surface area contributed by atoms with E-state index in [1.165, 1.54) is 22.7 Å². The Morgan fingerprint density at radius 1 is 1.09 bits per heavy atom. The molecule has 2 aromatic heterocycles. The molecule has 0 radical (unpaired) electrons. The average Bonchev–Trinajstić information content (AvgIpc) is 3.51. The minimum Gasteiger partial charge on any atom is -0.497 e. The van der Waals surface area contributed by atoms with E-state index in [0.717, 1.165) is 21.8 Å². The highest BCUT2D eigenvalue weighted by Gasteiger charge is 2.34. The molecule has 3 heterocycles. The third-order valence-electron chi connectivity index (χ3n) is 5.68. The first-order valence-corrected chi connectivity index (χ1v) is 12.7. The van der Waals surface area contributed by atoms with E-state index in [1.54, 1.807) is 18.6 Å². The van der Waals surface area contributed by atoms with Crippen LogP contribution in [0.2, 0.25) is 0 Å². The van der Waals surface area contributed by atoms with Gasteiger partial charge in [0.1, 0.15) is 18.4 Å². The van der Waals surface area contributed by atoms with Gasteiger partial charge < -0.3 is 9.47 Å². The number of esters is 1. The number of hydrogen-bond acceptors (Lipinski definition) is 7. The summed E-state index contributed by atoms with van der Waals surface area (Å²) in [6, 6.07) is 20.3. The predicted molar refractivity (Wildman–Crippen MR) is 137 cm³/mol. The Morgan fingerprint density at radius 3 is 2.54 bits per heavy atom. The van der Waals surface area contributed by atoms with E-state index in [-0.39, 0.29) is 12.2 Å². The van der Waals surface area contributed by atoms with Crippen molar-refractivity contribution >= 4 is 34.7 Å². The Morgan fingerprint density at radius 2 is 1.86 bits per heavy atom. The minimum absolute atomic E-state index is 0.148. The van der Waals surface area contributed by atoms with Crippen molar-refractivity contribution in [2.75, 3.05) is 7.11 Å². The third-order valence-corrected chi connectivity index (χ3v) is 7.59. The maximum atomic E-state index is 13.6. The molecular weight excluding hydrogens is 480 g/mol. The molecule has 0 saturated heterocycles. The fourth-order valence-electron chi connectivity index (χ4n) is 3.95. The quantitative estimate of drug-likeness (QED) is 0.373. The summed E-state index contributed by atoms with van der Waals surface area (Å²) in [5, 5.41) is 1.94. The maximum absolute atomic E-state index is 13.6. The third kappa shape index (κ3) is 4.62. The zero-order valence-electron chi connectivity index (χ0n) is 19.1. The summed E-state index contributed by atoms with van der Waals surface area (Å²) in [6.07, 6.45) is 1.83. The van der Waals surface area contributed by atoms with Crippen molar-refractivity contribution in [3.05, 3.63) is 119 Å². The zero-order chi connectivity index (χ0) is 24.4. The van der Waals surface area contributed by atoms with E-state index >= 15 is 0 Å². The van der Waals surface area contributed by atoms with Crippen LogP contribution in [0.5, 0.6) is 5.75 Å². The van der Waals surface area contributed by atoms with Gasteiger partial charge >= 0.3 is 5.97 Å². The number of allylic oxidation sites excluding steroid dienone is 1. The molecule has 1 atom stereocenters. The van der Waals surface area contributed by atoms with Gasteiger partial charge in [0.15, 0.2) is 4.80 Å². The molecule has 1 aliphatic heterocycles. The number of hydrogen-bond donors (Lipinski definition) is 0. The lowest BCUT2D eigenvalue weighted by Crippen LogP contribution is -2.39. The van der Waals surface area contributed by atoms with E-state index in [2.05, 4.69) is 4.99 Å².